The van der Waals surface area contributed by atoms with Gasteiger partial charge in [-0.1, -0.05) is 31.2 Å². The summed E-state index contributed by atoms with van der Waals surface area (Å²) in [6.45, 7) is 2.21. The average molecular weight is 192 g/mol. The highest BCUT2D eigenvalue weighted by molar-refractivity contribution is 5.51. The van der Waals surface area contributed by atoms with E-state index in [2.05, 4.69) is 6.07 Å². The molecule has 2 heteroatoms. The first-order chi connectivity index (χ1) is 6.77. The fourth-order valence-electron chi connectivity index (χ4n) is 1.46. The molecule has 0 radical (unpaired) electrons. The molecule has 1 rings (SSSR count). The zero-order valence-electron chi connectivity index (χ0n) is 8.44. The van der Waals surface area contributed by atoms with Gasteiger partial charge in [0.15, 0.2) is 0 Å². The lowest BCUT2D eigenvalue weighted by molar-refractivity contribution is -0.108. The highest BCUT2D eigenvalue weighted by Crippen LogP contribution is 2.18. The average Bonchev–Trinajstić information content (AvgIpc) is 2.19. The van der Waals surface area contributed by atoms with Crippen LogP contribution in [0.15, 0.2) is 24.3 Å². The highest BCUT2D eigenvalue weighted by atomic mass is 16.2. The second-order valence-electron chi connectivity index (χ2n) is 3.52. The number of carbonyl (C=O) groups is 1. The fourth-order valence-corrected chi connectivity index (χ4v) is 1.46. The van der Waals surface area contributed by atoms with Crippen LogP contribution in [0.5, 0.6) is 0 Å². The van der Waals surface area contributed by atoms with Gasteiger partial charge in [-0.25, -0.2) is 0 Å². The zero-order valence-corrected chi connectivity index (χ0v) is 8.44. The summed E-state index contributed by atoms with van der Waals surface area (Å²) in [5, 5.41) is 8.80. The number of carbonyl (C=O) groups excluding carboxylic acids is 1. The molecule has 0 spiro atoms. The Balaban J connectivity index is 2.76. The van der Waals surface area contributed by atoms with Crippen molar-refractivity contribution >= 4 is 6.29 Å². The first-order valence-electron chi connectivity index (χ1n) is 4.91. The van der Waals surface area contributed by atoms with Gasteiger partial charge in [-0.05, 0) is 23.5 Å². The molecule has 2 nitrogen and oxygen atoms in total. The van der Waals surface area contributed by atoms with Gasteiger partial charge in [0, 0.05) is 13.0 Å². The molecule has 0 aliphatic heterocycles. The van der Waals surface area contributed by atoms with Crippen molar-refractivity contribution in [3.8, 4) is 0 Å². The third-order valence-electron chi connectivity index (χ3n) is 2.37. The molecule has 0 aliphatic carbocycles. The van der Waals surface area contributed by atoms with Crippen LogP contribution in [0.1, 0.15) is 30.4 Å². The third kappa shape index (κ3) is 2.96. The molecule has 0 aliphatic rings. The van der Waals surface area contributed by atoms with E-state index in [0.717, 1.165) is 11.8 Å². The normalized spacial score (nSPS) is 12.4. The van der Waals surface area contributed by atoms with Crippen molar-refractivity contribution in [3.05, 3.63) is 35.4 Å². The van der Waals surface area contributed by atoms with Gasteiger partial charge in [0.2, 0.25) is 0 Å². The molecule has 0 aromatic heterocycles. The zero-order chi connectivity index (χ0) is 10.4. The van der Waals surface area contributed by atoms with Crippen molar-refractivity contribution in [3.63, 3.8) is 0 Å². The molecular weight excluding hydrogens is 176 g/mol. The molecule has 76 valence electrons. The maximum Gasteiger partial charge on any atom is 0.120 e. The molecule has 0 fully saturated rings. The molecule has 1 atom stereocenters. The Morgan fingerprint density at radius 2 is 2.29 bits per heavy atom. The molecular formula is C12H16O2. The summed E-state index contributed by atoms with van der Waals surface area (Å²) in [6.07, 6.45) is 2.19. The van der Waals surface area contributed by atoms with Gasteiger partial charge in [-0.3, -0.25) is 0 Å². The lowest BCUT2D eigenvalue weighted by Crippen LogP contribution is -1.97. The van der Waals surface area contributed by atoms with Crippen LogP contribution in [0, 0.1) is 0 Å². The second kappa shape index (κ2) is 5.55. The number of hydrogen-bond acceptors (Lipinski definition) is 2. The fraction of sp³-hybridized carbons (Fsp3) is 0.417. The monoisotopic (exact) mass is 192 g/mol. The van der Waals surface area contributed by atoms with Gasteiger partial charge >= 0.3 is 0 Å². The Hall–Kier alpha value is -1.15. The lowest BCUT2D eigenvalue weighted by atomic mass is 9.96. The van der Waals surface area contributed by atoms with Gasteiger partial charge in [0.05, 0.1) is 0 Å². The van der Waals surface area contributed by atoms with Crippen LogP contribution in [0.3, 0.4) is 0 Å². The van der Waals surface area contributed by atoms with Gasteiger partial charge in [0.25, 0.3) is 0 Å². The number of benzene rings is 1. The van der Waals surface area contributed by atoms with E-state index < -0.39 is 0 Å². The Morgan fingerprint density at radius 1 is 1.50 bits per heavy atom. The Bertz CT molecular complexity index is 294. The molecule has 0 heterocycles. The SMILES string of the molecule is CC(CC=O)c1cccc(CCO)c1. The number of aliphatic hydroxyl groups is 1. The van der Waals surface area contributed by atoms with Crippen molar-refractivity contribution in [2.45, 2.75) is 25.7 Å². The van der Waals surface area contributed by atoms with Crippen molar-refractivity contribution in [2.24, 2.45) is 0 Å². The van der Waals surface area contributed by atoms with E-state index in [4.69, 9.17) is 5.11 Å². The van der Waals surface area contributed by atoms with Crippen molar-refractivity contribution in [1.82, 2.24) is 0 Å². The van der Waals surface area contributed by atoms with E-state index >= 15 is 0 Å². The van der Waals surface area contributed by atoms with E-state index in [9.17, 15) is 4.79 Å². The van der Waals surface area contributed by atoms with Crippen LogP contribution < -0.4 is 0 Å². The Kier molecular flexibility index (Phi) is 4.33. The minimum Gasteiger partial charge on any atom is -0.396 e. The Morgan fingerprint density at radius 3 is 2.93 bits per heavy atom. The molecule has 14 heavy (non-hydrogen) atoms. The van der Waals surface area contributed by atoms with E-state index in [-0.39, 0.29) is 12.5 Å². The van der Waals surface area contributed by atoms with E-state index in [1.54, 1.807) is 0 Å². The van der Waals surface area contributed by atoms with Crippen LogP contribution in [-0.4, -0.2) is 18.0 Å². The van der Waals surface area contributed by atoms with Crippen LogP contribution in [0.4, 0.5) is 0 Å². The maximum absolute atomic E-state index is 10.4. The molecule has 1 aromatic carbocycles. The predicted octanol–water partition coefficient (Wildman–Crippen LogP) is 1.91. The topological polar surface area (TPSA) is 37.3 Å². The summed E-state index contributed by atoms with van der Waals surface area (Å²) in [7, 11) is 0. The molecule has 1 aromatic rings. The van der Waals surface area contributed by atoms with E-state index in [1.165, 1.54) is 5.56 Å². The summed E-state index contributed by atoms with van der Waals surface area (Å²) in [4.78, 5) is 10.4. The smallest absolute Gasteiger partial charge is 0.120 e. The van der Waals surface area contributed by atoms with Crippen LogP contribution in [-0.2, 0) is 11.2 Å². The maximum atomic E-state index is 10.4. The molecule has 0 saturated carbocycles. The summed E-state index contributed by atoms with van der Waals surface area (Å²) in [5.41, 5.74) is 2.30. The standard InChI is InChI=1S/C12H16O2/c1-10(5-7-13)12-4-2-3-11(9-12)6-8-14/h2-4,7,9-10,14H,5-6,8H2,1H3. The van der Waals surface area contributed by atoms with E-state index in [0.29, 0.717) is 12.8 Å². The van der Waals surface area contributed by atoms with Crippen molar-refractivity contribution in [2.75, 3.05) is 6.61 Å². The number of hydrogen-bond donors (Lipinski definition) is 1. The second-order valence-corrected chi connectivity index (χ2v) is 3.52. The minimum absolute atomic E-state index is 0.172. The van der Waals surface area contributed by atoms with Crippen LogP contribution in [0.2, 0.25) is 0 Å². The number of aldehydes is 1. The minimum atomic E-state index is 0.172. The van der Waals surface area contributed by atoms with Crippen molar-refractivity contribution in [1.29, 1.82) is 0 Å². The van der Waals surface area contributed by atoms with Crippen LogP contribution >= 0.6 is 0 Å². The first-order valence-corrected chi connectivity index (χ1v) is 4.91. The molecule has 1 unspecified atom stereocenters. The molecule has 1 N–H and O–H groups in total. The van der Waals surface area contributed by atoms with E-state index in [1.807, 2.05) is 25.1 Å². The van der Waals surface area contributed by atoms with Gasteiger partial charge in [-0.2, -0.15) is 0 Å². The number of aliphatic hydroxyl groups excluding tert-OH is 1. The summed E-state index contributed by atoms with van der Waals surface area (Å²) in [5.74, 6) is 0.270. The largest absolute Gasteiger partial charge is 0.396 e. The molecule has 0 saturated heterocycles. The van der Waals surface area contributed by atoms with Gasteiger partial charge in [-0.15, -0.1) is 0 Å². The number of rotatable bonds is 5. The Labute approximate surface area is 84.6 Å². The van der Waals surface area contributed by atoms with Crippen LogP contribution in [0.25, 0.3) is 0 Å². The molecule has 0 amide bonds. The first kappa shape index (κ1) is 10.9. The summed E-state index contributed by atoms with van der Waals surface area (Å²) in [6, 6.07) is 8.05. The lowest BCUT2D eigenvalue weighted by Gasteiger charge is -2.09. The molecule has 0 bridgehead atoms. The van der Waals surface area contributed by atoms with Gasteiger partial charge < -0.3 is 9.90 Å². The van der Waals surface area contributed by atoms with Crippen molar-refractivity contribution < 1.29 is 9.90 Å². The quantitative estimate of drug-likeness (QED) is 0.724. The highest BCUT2D eigenvalue weighted by Gasteiger charge is 2.04. The van der Waals surface area contributed by atoms with Gasteiger partial charge in [0.1, 0.15) is 6.29 Å². The summed E-state index contributed by atoms with van der Waals surface area (Å²) >= 11 is 0. The summed E-state index contributed by atoms with van der Waals surface area (Å²) < 4.78 is 0. The predicted molar refractivity (Wildman–Crippen MR) is 56.3 cm³/mol. The third-order valence-corrected chi connectivity index (χ3v) is 2.37.